The minimum absolute atomic E-state index is 0.0181. The van der Waals surface area contributed by atoms with Gasteiger partial charge in [-0.05, 0) is 70.8 Å². The first kappa shape index (κ1) is 39.6. The fourth-order valence-electron chi connectivity index (χ4n) is 4.38. The molecular formula is C28H36N2O14P4. The summed E-state index contributed by atoms with van der Waals surface area (Å²) in [5, 5.41) is 5.29. The summed E-state index contributed by atoms with van der Waals surface area (Å²) in [7, 11) is -11.9. The Kier molecular flexibility index (Phi) is 13.4. The number of hydrogen-bond acceptors (Lipinski definition) is 10. The second-order valence-electron chi connectivity index (χ2n) is 10.5. The van der Waals surface area contributed by atoms with Crippen LogP contribution >= 0.6 is 30.4 Å². The van der Waals surface area contributed by atoms with Crippen LogP contribution in [-0.4, -0.2) is 59.8 Å². The normalized spacial score (nSPS) is 16.5. The van der Waals surface area contributed by atoms with Crippen LogP contribution in [-0.2, 0) is 61.0 Å². The Morgan fingerprint density at radius 1 is 0.500 bits per heavy atom. The minimum atomic E-state index is -4.04. The Bertz CT molecular complexity index is 1630. The third-order valence-corrected chi connectivity index (χ3v) is 12.0. The summed E-state index contributed by atoms with van der Waals surface area (Å²) in [5.74, 6) is -1.30. The zero-order chi connectivity index (χ0) is 35.9. The van der Waals surface area contributed by atoms with Gasteiger partial charge in [-0.1, -0.05) is 12.1 Å². The van der Waals surface area contributed by atoms with E-state index in [2.05, 4.69) is 28.7 Å². The van der Waals surface area contributed by atoms with Crippen molar-refractivity contribution in [2.75, 3.05) is 39.1 Å². The second-order valence-corrected chi connectivity index (χ2v) is 18.3. The standard InChI is InChI=1S/C28H36N2O14P4/c1-41-45(33,34)15-19-9-20(16-46(35,36)42-2)12-23(11-19)27(31)29-25-5-7-26(8-6-25)30-28(32)24-13-21(17-47(37,38)43-3)10-22(14-24)18-48(39,40)44-4/h5-14H,15-18H2,1-4H3,(H,29,31)(H,30,32)(H,33,34)(H,35,36)(H,37,38)(H,39,40). The smallest absolute Gasteiger partial charge is 0.324 e. The number of rotatable bonds is 16. The van der Waals surface area contributed by atoms with Gasteiger partial charge in [0.2, 0.25) is 0 Å². The SMILES string of the molecule is COP(=O)(O)Cc1cc(CP(=O)(O)OC)cc(C(=O)Nc2ccc(NC(=O)c3cc(CP(=O)(O)OC)cc(CP(=O)(O)OC)c3)cc2)c1. The zero-order valence-corrected chi connectivity index (χ0v) is 29.8. The van der Waals surface area contributed by atoms with Crippen molar-refractivity contribution in [2.24, 2.45) is 0 Å². The Labute approximate surface area is 276 Å². The summed E-state index contributed by atoms with van der Waals surface area (Å²) in [6.07, 6.45) is -1.85. The van der Waals surface area contributed by atoms with Crippen molar-refractivity contribution in [3.8, 4) is 0 Å². The number of nitrogens with one attached hydrogen (secondary N) is 2. The van der Waals surface area contributed by atoms with E-state index in [9.17, 15) is 47.4 Å². The molecule has 262 valence electrons. The van der Waals surface area contributed by atoms with E-state index in [1.807, 2.05) is 0 Å². The van der Waals surface area contributed by atoms with E-state index in [1.165, 1.54) is 60.7 Å². The molecule has 6 N–H and O–H groups in total. The number of amides is 2. The van der Waals surface area contributed by atoms with Crippen LogP contribution in [0.1, 0.15) is 43.0 Å². The van der Waals surface area contributed by atoms with Crippen molar-refractivity contribution in [3.63, 3.8) is 0 Å². The third-order valence-electron chi connectivity index (χ3n) is 6.70. The van der Waals surface area contributed by atoms with Crippen molar-refractivity contribution in [2.45, 2.75) is 24.6 Å². The summed E-state index contributed by atoms with van der Waals surface area (Å²) in [4.78, 5) is 66.0. The molecule has 0 bridgehead atoms. The van der Waals surface area contributed by atoms with Gasteiger partial charge in [-0.15, -0.1) is 0 Å². The average molecular weight is 748 g/mol. The molecule has 3 aromatic rings. The lowest BCUT2D eigenvalue weighted by Crippen LogP contribution is -2.14. The van der Waals surface area contributed by atoms with E-state index in [0.29, 0.717) is 11.4 Å². The fraction of sp³-hybridized carbons (Fsp3) is 0.286. The van der Waals surface area contributed by atoms with E-state index < -0.39 is 66.8 Å². The number of hydrogen-bond donors (Lipinski definition) is 6. The van der Waals surface area contributed by atoms with Crippen LogP contribution in [0, 0.1) is 0 Å². The lowest BCUT2D eigenvalue weighted by molar-refractivity contribution is 0.101. The second kappa shape index (κ2) is 16.3. The van der Waals surface area contributed by atoms with Gasteiger partial charge in [-0.2, -0.15) is 0 Å². The number of anilines is 2. The van der Waals surface area contributed by atoms with Gasteiger partial charge in [0.1, 0.15) is 0 Å². The molecule has 0 spiro atoms. The highest BCUT2D eigenvalue weighted by Gasteiger charge is 2.25. The van der Waals surface area contributed by atoms with Gasteiger partial charge in [0.25, 0.3) is 11.8 Å². The highest BCUT2D eigenvalue weighted by molar-refractivity contribution is 7.52. The molecule has 0 aromatic heterocycles. The molecule has 48 heavy (non-hydrogen) atoms. The molecule has 4 atom stereocenters. The summed E-state index contributed by atoms with van der Waals surface area (Å²) in [6.45, 7) is 0. The summed E-state index contributed by atoms with van der Waals surface area (Å²) >= 11 is 0. The van der Waals surface area contributed by atoms with Crippen molar-refractivity contribution in [1.29, 1.82) is 0 Å². The first-order valence-electron chi connectivity index (χ1n) is 13.8. The van der Waals surface area contributed by atoms with Gasteiger partial charge in [0, 0.05) is 50.9 Å². The molecule has 0 radical (unpaired) electrons. The van der Waals surface area contributed by atoms with Crippen LogP contribution in [0.25, 0.3) is 0 Å². The van der Waals surface area contributed by atoms with Crippen LogP contribution in [0.2, 0.25) is 0 Å². The molecule has 4 unspecified atom stereocenters. The van der Waals surface area contributed by atoms with E-state index in [4.69, 9.17) is 0 Å². The number of carbonyl (C=O) groups excluding carboxylic acids is 2. The van der Waals surface area contributed by atoms with Gasteiger partial charge in [0.05, 0.1) is 24.6 Å². The summed E-state index contributed by atoms with van der Waals surface area (Å²) < 4.78 is 67.2. The predicted molar refractivity (Wildman–Crippen MR) is 177 cm³/mol. The fourth-order valence-corrected chi connectivity index (χ4v) is 7.47. The van der Waals surface area contributed by atoms with Crippen molar-refractivity contribution >= 4 is 53.6 Å². The monoisotopic (exact) mass is 748 g/mol. The molecule has 0 fully saturated rings. The predicted octanol–water partition coefficient (Wildman–Crippen LogP) is 5.52. The van der Waals surface area contributed by atoms with Gasteiger partial charge in [-0.3, -0.25) is 27.8 Å². The van der Waals surface area contributed by atoms with Crippen molar-refractivity contribution in [1.82, 2.24) is 0 Å². The number of carbonyl (C=O) groups is 2. The average Bonchev–Trinajstić information content (AvgIpc) is 3.00. The van der Waals surface area contributed by atoms with Gasteiger partial charge < -0.3 is 48.3 Å². The van der Waals surface area contributed by atoms with Gasteiger partial charge in [-0.25, -0.2) is 0 Å². The van der Waals surface area contributed by atoms with E-state index in [1.54, 1.807) is 0 Å². The molecule has 2 amide bonds. The quantitative estimate of drug-likeness (QED) is 0.0989. The lowest BCUT2D eigenvalue weighted by Gasteiger charge is -2.15. The first-order valence-corrected chi connectivity index (χ1v) is 20.8. The number of benzene rings is 3. The highest BCUT2D eigenvalue weighted by Crippen LogP contribution is 2.48. The molecule has 0 saturated heterocycles. The van der Waals surface area contributed by atoms with Gasteiger partial charge >= 0.3 is 30.4 Å². The van der Waals surface area contributed by atoms with E-state index in [0.717, 1.165) is 28.4 Å². The maximum atomic E-state index is 13.1. The molecule has 0 aliphatic carbocycles. The zero-order valence-electron chi connectivity index (χ0n) is 26.3. The summed E-state index contributed by atoms with van der Waals surface area (Å²) in [6, 6.07) is 14.1. The molecule has 0 aliphatic heterocycles. The molecule has 3 aromatic carbocycles. The van der Waals surface area contributed by atoms with Crippen LogP contribution in [0.3, 0.4) is 0 Å². The lowest BCUT2D eigenvalue weighted by atomic mass is 10.1. The third kappa shape index (κ3) is 12.3. The maximum Gasteiger partial charge on any atom is 0.332 e. The van der Waals surface area contributed by atoms with Crippen molar-refractivity contribution < 1.29 is 65.5 Å². The Balaban J connectivity index is 1.82. The van der Waals surface area contributed by atoms with Gasteiger partial charge in [0.15, 0.2) is 0 Å². The van der Waals surface area contributed by atoms with E-state index >= 15 is 0 Å². The molecule has 0 aliphatic rings. The van der Waals surface area contributed by atoms with Crippen LogP contribution in [0.5, 0.6) is 0 Å². The molecule has 20 heteroatoms. The Morgan fingerprint density at radius 3 is 0.938 bits per heavy atom. The molecular weight excluding hydrogens is 712 g/mol. The first-order chi connectivity index (χ1) is 22.3. The molecule has 0 heterocycles. The minimum Gasteiger partial charge on any atom is -0.324 e. The molecule has 3 rings (SSSR count). The van der Waals surface area contributed by atoms with Crippen LogP contribution in [0.15, 0.2) is 60.7 Å². The topological polar surface area (TPSA) is 244 Å². The van der Waals surface area contributed by atoms with Crippen LogP contribution < -0.4 is 10.6 Å². The Morgan fingerprint density at radius 2 is 0.729 bits per heavy atom. The molecule has 0 saturated carbocycles. The maximum absolute atomic E-state index is 13.1. The summed E-state index contributed by atoms with van der Waals surface area (Å²) in [5.41, 5.74) is 1.45. The van der Waals surface area contributed by atoms with Crippen molar-refractivity contribution in [3.05, 3.63) is 94.0 Å². The molecule has 16 nitrogen and oxygen atoms in total. The van der Waals surface area contributed by atoms with Crippen LogP contribution in [0.4, 0.5) is 11.4 Å². The largest absolute Gasteiger partial charge is 0.332 e. The highest BCUT2D eigenvalue weighted by atomic mass is 31.2. The Hall–Kier alpha value is -2.80. The van der Waals surface area contributed by atoms with E-state index in [-0.39, 0.29) is 33.4 Å².